The van der Waals surface area contributed by atoms with Crippen LogP contribution in [0.1, 0.15) is 28.8 Å². The fourth-order valence-corrected chi connectivity index (χ4v) is 5.41. The van der Waals surface area contributed by atoms with Gasteiger partial charge < -0.3 is 4.74 Å². The summed E-state index contributed by atoms with van der Waals surface area (Å²) in [7, 11) is 0. The van der Waals surface area contributed by atoms with Crippen molar-refractivity contribution in [1.82, 2.24) is 4.90 Å². The lowest BCUT2D eigenvalue weighted by molar-refractivity contribution is 0.104. The Kier molecular flexibility index (Phi) is 5.83. The van der Waals surface area contributed by atoms with Crippen molar-refractivity contribution in [3.8, 4) is 16.2 Å². The fourth-order valence-electron chi connectivity index (χ4n) is 4.21. The van der Waals surface area contributed by atoms with Gasteiger partial charge in [0.25, 0.3) is 0 Å². The zero-order valence-corrected chi connectivity index (χ0v) is 18.2. The molecule has 3 aromatic carbocycles. The third kappa shape index (κ3) is 4.27. The number of rotatable bonds is 7. The number of likely N-dealkylation sites (tertiary alicyclic amines) is 1. The number of hydrogen-bond donors (Lipinski definition) is 0. The molecule has 0 aliphatic carbocycles. The third-order valence-electron chi connectivity index (χ3n) is 5.85. The molecule has 1 fully saturated rings. The monoisotopic (exact) mass is 427 g/mol. The predicted molar refractivity (Wildman–Crippen MR) is 128 cm³/mol. The highest BCUT2D eigenvalue weighted by atomic mass is 32.1. The van der Waals surface area contributed by atoms with E-state index in [-0.39, 0.29) is 5.78 Å². The third-order valence-corrected chi connectivity index (χ3v) is 7.07. The van der Waals surface area contributed by atoms with Crippen LogP contribution in [0.4, 0.5) is 0 Å². The van der Waals surface area contributed by atoms with Gasteiger partial charge in [0.15, 0.2) is 5.78 Å². The summed E-state index contributed by atoms with van der Waals surface area (Å²) in [6.07, 6.45) is 2.60. The summed E-state index contributed by atoms with van der Waals surface area (Å²) in [6, 6.07) is 25.8. The van der Waals surface area contributed by atoms with Crippen molar-refractivity contribution in [2.45, 2.75) is 12.8 Å². The van der Waals surface area contributed by atoms with Crippen LogP contribution in [0.15, 0.2) is 78.9 Å². The first-order valence-corrected chi connectivity index (χ1v) is 11.7. The molecule has 1 aliphatic rings. The van der Waals surface area contributed by atoms with E-state index in [2.05, 4.69) is 23.1 Å². The second-order valence-corrected chi connectivity index (χ2v) is 8.97. The first-order valence-electron chi connectivity index (χ1n) is 10.9. The normalized spacial score (nSPS) is 14.2. The van der Waals surface area contributed by atoms with Gasteiger partial charge in [0.2, 0.25) is 0 Å². The Labute approximate surface area is 186 Å². The topological polar surface area (TPSA) is 29.5 Å². The molecular formula is C27H25NO2S. The smallest absolute Gasteiger partial charge is 0.195 e. The van der Waals surface area contributed by atoms with Crippen LogP contribution in [-0.4, -0.2) is 36.9 Å². The summed E-state index contributed by atoms with van der Waals surface area (Å²) in [4.78, 5) is 16.9. The van der Waals surface area contributed by atoms with Crippen LogP contribution < -0.4 is 4.74 Å². The molecule has 0 bridgehead atoms. The summed E-state index contributed by atoms with van der Waals surface area (Å²) in [6.45, 7) is 4.06. The lowest BCUT2D eigenvalue weighted by atomic mass is 9.98. The minimum absolute atomic E-state index is 0.0685. The number of carbonyl (C=O) groups excluding carboxylic acids is 1. The fraction of sp³-hybridized carbons (Fsp3) is 0.222. The van der Waals surface area contributed by atoms with E-state index in [1.165, 1.54) is 25.9 Å². The van der Waals surface area contributed by atoms with Gasteiger partial charge in [-0.2, -0.15) is 0 Å². The minimum atomic E-state index is 0.0685. The van der Waals surface area contributed by atoms with Gasteiger partial charge in [0.1, 0.15) is 12.4 Å². The first-order chi connectivity index (χ1) is 15.3. The van der Waals surface area contributed by atoms with Crippen molar-refractivity contribution in [2.24, 2.45) is 0 Å². The Balaban J connectivity index is 1.42. The highest BCUT2D eigenvalue weighted by molar-refractivity contribution is 7.22. The van der Waals surface area contributed by atoms with Crippen LogP contribution in [0.5, 0.6) is 5.75 Å². The Morgan fingerprint density at radius 2 is 1.58 bits per heavy atom. The molecule has 0 N–H and O–H groups in total. The zero-order chi connectivity index (χ0) is 21.0. The van der Waals surface area contributed by atoms with E-state index >= 15 is 0 Å². The van der Waals surface area contributed by atoms with Crippen molar-refractivity contribution in [3.05, 3.63) is 90.0 Å². The van der Waals surface area contributed by atoms with Crippen molar-refractivity contribution < 1.29 is 9.53 Å². The van der Waals surface area contributed by atoms with Gasteiger partial charge in [-0.1, -0.05) is 48.5 Å². The predicted octanol–water partition coefficient (Wildman–Crippen LogP) is 6.27. The van der Waals surface area contributed by atoms with Crippen molar-refractivity contribution in [1.29, 1.82) is 0 Å². The molecule has 0 atom stereocenters. The Hall–Kier alpha value is -2.95. The SMILES string of the molecule is O=C(c1ccccc1)c1c(-c2ccc(OCCN3CCCC3)cc2)sc2ccccc12. The van der Waals surface area contributed by atoms with Gasteiger partial charge in [-0.15, -0.1) is 11.3 Å². The molecule has 4 aromatic rings. The van der Waals surface area contributed by atoms with Gasteiger partial charge in [-0.3, -0.25) is 9.69 Å². The van der Waals surface area contributed by atoms with Crippen LogP contribution in [0, 0.1) is 0 Å². The average molecular weight is 428 g/mol. The molecule has 0 spiro atoms. The van der Waals surface area contributed by atoms with Crippen LogP contribution >= 0.6 is 11.3 Å². The maximum atomic E-state index is 13.4. The number of nitrogens with zero attached hydrogens (tertiary/aromatic N) is 1. The van der Waals surface area contributed by atoms with E-state index < -0.39 is 0 Å². The zero-order valence-electron chi connectivity index (χ0n) is 17.4. The standard InChI is InChI=1S/C27H25NO2S/c29-26(20-8-2-1-3-9-20)25-23-10-4-5-11-24(23)31-27(25)21-12-14-22(15-13-21)30-19-18-28-16-6-7-17-28/h1-5,8-15H,6-7,16-19H2. The molecule has 0 amide bonds. The Morgan fingerprint density at radius 1 is 0.871 bits per heavy atom. The molecule has 156 valence electrons. The van der Waals surface area contributed by atoms with Gasteiger partial charge in [-0.25, -0.2) is 0 Å². The molecule has 2 heterocycles. The first kappa shape index (κ1) is 20.0. The van der Waals surface area contributed by atoms with E-state index in [9.17, 15) is 4.79 Å². The Bertz CT molecular complexity index is 1180. The van der Waals surface area contributed by atoms with Crippen LogP contribution in [0.25, 0.3) is 20.5 Å². The van der Waals surface area contributed by atoms with Crippen LogP contribution in [0.2, 0.25) is 0 Å². The molecule has 0 saturated carbocycles. The number of thiophene rings is 1. The number of carbonyl (C=O) groups is 1. The van der Waals surface area contributed by atoms with E-state index in [1.54, 1.807) is 11.3 Å². The number of ketones is 1. The molecule has 1 saturated heterocycles. The summed E-state index contributed by atoms with van der Waals surface area (Å²) in [5, 5.41) is 1.02. The highest BCUT2D eigenvalue weighted by Gasteiger charge is 2.21. The molecule has 5 rings (SSSR count). The molecule has 3 nitrogen and oxygen atoms in total. The van der Waals surface area contributed by atoms with Crippen LogP contribution in [-0.2, 0) is 0 Å². The van der Waals surface area contributed by atoms with Crippen molar-refractivity contribution >= 4 is 27.2 Å². The second kappa shape index (κ2) is 9.04. The summed E-state index contributed by atoms with van der Waals surface area (Å²) in [5.41, 5.74) is 2.55. The van der Waals surface area contributed by atoms with Gasteiger partial charge >= 0.3 is 0 Å². The molecule has 0 radical (unpaired) electrons. The van der Waals surface area contributed by atoms with Gasteiger partial charge in [0.05, 0.1) is 0 Å². The van der Waals surface area contributed by atoms with Crippen LogP contribution in [0.3, 0.4) is 0 Å². The highest BCUT2D eigenvalue weighted by Crippen LogP contribution is 2.40. The van der Waals surface area contributed by atoms with E-state index in [4.69, 9.17) is 4.74 Å². The molecule has 31 heavy (non-hydrogen) atoms. The summed E-state index contributed by atoms with van der Waals surface area (Å²) < 4.78 is 7.09. The lowest BCUT2D eigenvalue weighted by Crippen LogP contribution is -2.25. The largest absolute Gasteiger partial charge is 0.492 e. The molecule has 4 heteroatoms. The maximum absolute atomic E-state index is 13.4. The number of hydrogen-bond acceptors (Lipinski definition) is 4. The number of ether oxygens (including phenoxy) is 1. The van der Waals surface area contributed by atoms with E-state index in [0.29, 0.717) is 12.2 Å². The number of benzene rings is 3. The van der Waals surface area contributed by atoms with Crippen molar-refractivity contribution in [2.75, 3.05) is 26.2 Å². The van der Waals surface area contributed by atoms with Gasteiger partial charge in [0, 0.05) is 32.6 Å². The maximum Gasteiger partial charge on any atom is 0.195 e. The molecular weight excluding hydrogens is 402 g/mol. The minimum Gasteiger partial charge on any atom is -0.492 e. The number of fused-ring (bicyclic) bond motifs is 1. The molecule has 0 unspecified atom stereocenters. The molecule has 1 aromatic heterocycles. The van der Waals surface area contributed by atoms with Gasteiger partial charge in [-0.05, 0) is 61.8 Å². The molecule has 1 aliphatic heterocycles. The van der Waals surface area contributed by atoms with E-state index in [0.717, 1.165) is 38.4 Å². The lowest BCUT2D eigenvalue weighted by Gasteiger charge is -2.15. The van der Waals surface area contributed by atoms with Crippen molar-refractivity contribution in [3.63, 3.8) is 0 Å². The summed E-state index contributed by atoms with van der Waals surface area (Å²) >= 11 is 1.67. The average Bonchev–Trinajstić information content (AvgIpc) is 3.47. The Morgan fingerprint density at radius 3 is 2.35 bits per heavy atom. The second-order valence-electron chi connectivity index (χ2n) is 7.92. The quantitative estimate of drug-likeness (QED) is 0.325. The summed E-state index contributed by atoms with van der Waals surface area (Å²) in [5.74, 6) is 0.944. The van der Waals surface area contributed by atoms with E-state index in [1.807, 2.05) is 60.7 Å².